The lowest BCUT2D eigenvalue weighted by molar-refractivity contribution is 0.431. The largest absolute Gasteiger partial charge is 0.436 e. The highest BCUT2D eigenvalue weighted by molar-refractivity contribution is 7.99. The highest BCUT2D eigenvalue weighted by Crippen LogP contribution is 2.31. The fourth-order valence-corrected chi connectivity index (χ4v) is 3.24. The molecule has 8 heteroatoms. The van der Waals surface area contributed by atoms with Crippen LogP contribution in [0.2, 0.25) is 0 Å². The Hall–Kier alpha value is -1.51. The first-order valence-electron chi connectivity index (χ1n) is 5.78. The van der Waals surface area contributed by atoms with Crippen LogP contribution in [-0.4, -0.2) is 20.4 Å². The predicted octanol–water partition coefficient (Wildman–Crippen LogP) is 1.93. The van der Waals surface area contributed by atoms with Gasteiger partial charge in [-0.2, -0.15) is 0 Å². The number of hydrogen-bond donors (Lipinski definition) is 2. The van der Waals surface area contributed by atoms with Gasteiger partial charge >= 0.3 is 0 Å². The summed E-state index contributed by atoms with van der Waals surface area (Å²) in [6.07, 6.45) is 0. The van der Waals surface area contributed by atoms with Crippen molar-refractivity contribution in [2.45, 2.75) is 28.9 Å². The van der Waals surface area contributed by atoms with Gasteiger partial charge in [-0.1, -0.05) is 0 Å². The van der Waals surface area contributed by atoms with E-state index in [4.69, 9.17) is 10.2 Å². The Morgan fingerprint density at radius 2 is 2.05 bits per heavy atom. The first-order valence-corrected chi connectivity index (χ1v) is 8.08. The maximum atomic E-state index is 11.7. The zero-order valence-electron chi connectivity index (χ0n) is 11.3. The normalized spacial score (nSPS) is 11.8. The number of hydrogen-bond acceptors (Lipinski definition) is 6. The summed E-state index contributed by atoms with van der Waals surface area (Å²) in [5.41, 5.74) is 6.80. The molecule has 0 unspecified atom stereocenters. The minimum absolute atomic E-state index is 0.0594. The van der Waals surface area contributed by atoms with Gasteiger partial charge in [0.1, 0.15) is 10.7 Å². The molecule has 1 aromatic carbocycles. The highest BCUT2D eigenvalue weighted by Gasteiger charge is 2.16. The SMILES string of the molecule is CNS(=O)(=O)c1ccc(Sc2nc(C)c(C)o2)cc1N. The molecule has 2 rings (SSSR count). The topological polar surface area (TPSA) is 98.2 Å². The Labute approximate surface area is 121 Å². The van der Waals surface area contributed by atoms with Crippen molar-refractivity contribution in [3.05, 3.63) is 29.7 Å². The van der Waals surface area contributed by atoms with Gasteiger partial charge in [-0.25, -0.2) is 18.1 Å². The number of anilines is 1. The number of oxazole rings is 1. The molecule has 0 aliphatic carbocycles. The number of nitrogens with one attached hydrogen (secondary N) is 1. The van der Waals surface area contributed by atoms with E-state index in [-0.39, 0.29) is 10.6 Å². The third kappa shape index (κ3) is 2.97. The van der Waals surface area contributed by atoms with Crippen LogP contribution < -0.4 is 10.5 Å². The Morgan fingerprint density at radius 1 is 1.35 bits per heavy atom. The number of aryl methyl sites for hydroxylation is 2. The van der Waals surface area contributed by atoms with Gasteiger partial charge in [0.05, 0.1) is 11.4 Å². The molecular formula is C12H15N3O3S2. The zero-order chi connectivity index (χ0) is 14.9. The van der Waals surface area contributed by atoms with E-state index in [1.165, 1.54) is 24.9 Å². The quantitative estimate of drug-likeness (QED) is 0.837. The molecule has 0 saturated heterocycles. The molecule has 20 heavy (non-hydrogen) atoms. The maximum Gasteiger partial charge on any atom is 0.260 e. The van der Waals surface area contributed by atoms with E-state index in [9.17, 15) is 8.42 Å². The first-order chi connectivity index (χ1) is 9.33. The zero-order valence-corrected chi connectivity index (χ0v) is 12.9. The number of nitrogens with zero attached hydrogens (tertiary/aromatic N) is 1. The van der Waals surface area contributed by atoms with Crippen molar-refractivity contribution < 1.29 is 12.8 Å². The minimum Gasteiger partial charge on any atom is -0.436 e. The number of nitrogen functional groups attached to an aromatic ring is 1. The van der Waals surface area contributed by atoms with Gasteiger partial charge in [-0.3, -0.25) is 0 Å². The van der Waals surface area contributed by atoms with E-state index < -0.39 is 10.0 Å². The van der Waals surface area contributed by atoms with Crippen LogP contribution in [0.15, 0.2) is 37.6 Å². The van der Waals surface area contributed by atoms with E-state index >= 15 is 0 Å². The second-order valence-corrected chi connectivity index (χ2v) is 7.01. The maximum absolute atomic E-state index is 11.7. The average molecular weight is 313 g/mol. The number of benzene rings is 1. The lowest BCUT2D eigenvalue weighted by Gasteiger charge is -2.07. The molecule has 0 aliphatic rings. The summed E-state index contributed by atoms with van der Waals surface area (Å²) in [7, 11) is -2.20. The molecule has 1 aromatic heterocycles. The number of nitrogens with two attached hydrogens (primary N) is 1. The molecule has 1 heterocycles. The Bertz CT molecular complexity index is 719. The van der Waals surface area contributed by atoms with Crippen molar-refractivity contribution in [2.24, 2.45) is 0 Å². The first kappa shape index (κ1) is 14.9. The average Bonchev–Trinajstić information content (AvgIpc) is 2.68. The summed E-state index contributed by atoms with van der Waals surface area (Å²) in [5, 5.41) is 0.503. The van der Waals surface area contributed by atoms with Crippen LogP contribution in [0.4, 0.5) is 5.69 Å². The van der Waals surface area contributed by atoms with Crippen LogP contribution in [0.25, 0.3) is 0 Å². The van der Waals surface area contributed by atoms with Crippen molar-refractivity contribution in [1.82, 2.24) is 9.71 Å². The lowest BCUT2D eigenvalue weighted by Crippen LogP contribution is -2.19. The standard InChI is InChI=1S/C12H15N3O3S2/c1-7-8(2)18-12(15-7)19-9-4-5-11(10(13)6-9)20(16,17)14-3/h4-6,14H,13H2,1-3H3. The molecule has 3 N–H and O–H groups in total. The summed E-state index contributed by atoms with van der Waals surface area (Å²) < 4.78 is 31.1. The molecule has 0 fully saturated rings. The van der Waals surface area contributed by atoms with E-state index in [2.05, 4.69) is 9.71 Å². The molecule has 2 aromatic rings. The minimum atomic E-state index is -3.54. The van der Waals surface area contributed by atoms with Gasteiger partial charge in [0.15, 0.2) is 0 Å². The van der Waals surface area contributed by atoms with Gasteiger partial charge in [-0.15, -0.1) is 0 Å². The van der Waals surface area contributed by atoms with Crippen LogP contribution in [0, 0.1) is 13.8 Å². The van der Waals surface area contributed by atoms with Gasteiger partial charge in [-0.05, 0) is 50.9 Å². The Kier molecular flexibility index (Phi) is 4.07. The van der Waals surface area contributed by atoms with Gasteiger partial charge in [0, 0.05) is 4.90 Å². The summed E-state index contributed by atoms with van der Waals surface area (Å²) in [5.74, 6) is 0.759. The number of rotatable bonds is 4. The highest BCUT2D eigenvalue weighted by atomic mass is 32.2. The molecule has 0 amide bonds. The van der Waals surface area contributed by atoms with Crippen molar-refractivity contribution in [2.75, 3.05) is 12.8 Å². The van der Waals surface area contributed by atoms with Crippen molar-refractivity contribution in [3.8, 4) is 0 Å². The van der Waals surface area contributed by atoms with Crippen molar-refractivity contribution in [1.29, 1.82) is 0 Å². The van der Waals surface area contributed by atoms with Crippen LogP contribution >= 0.6 is 11.8 Å². The summed E-state index contributed by atoms with van der Waals surface area (Å²) in [4.78, 5) is 5.07. The van der Waals surface area contributed by atoms with Crippen LogP contribution in [0.1, 0.15) is 11.5 Å². The van der Waals surface area contributed by atoms with Crippen LogP contribution in [0.3, 0.4) is 0 Å². The molecule has 0 atom stereocenters. The monoisotopic (exact) mass is 313 g/mol. The van der Waals surface area contributed by atoms with E-state index in [0.717, 1.165) is 16.3 Å². The molecule has 0 radical (unpaired) electrons. The fourth-order valence-electron chi connectivity index (χ4n) is 1.53. The van der Waals surface area contributed by atoms with Crippen LogP contribution in [0.5, 0.6) is 0 Å². The lowest BCUT2D eigenvalue weighted by atomic mass is 10.3. The van der Waals surface area contributed by atoms with Gasteiger partial charge < -0.3 is 10.2 Å². The molecular weight excluding hydrogens is 298 g/mol. The van der Waals surface area contributed by atoms with E-state index in [0.29, 0.717) is 5.22 Å². The van der Waals surface area contributed by atoms with Crippen molar-refractivity contribution >= 4 is 27.5 Å². The van der Waals surface area contributed by atoms with E-state index in [1.54, 1.807) is 12.1 Å². The van der Waals surface area contributed by atoms with Gasteiger partial charge in [0.2, 0.25) is 10.0 Å². The molecule has 0 saturated carbocycles. The summed E-state index contributed by atoms with van der Waals surface area (Å²) in [6, 6.07) is 4.72. The molecule has 0 spiro atoms. The number of sulfonamides is 1. The molecule has 0 aliphatic heterocycles. The second-order valence-electron chi connectivity index (χ2n) is 4.13. The third-order valence-electron chi connectivity index (χ3n) is 2.75. The second kappa shape index (κ2) is 5.47. The Balaban J connectivity index is 2.30. The summed E-state index contributed by atoms with van der Waals surface area (Å²) >= 11 is 1.29. The fraction of sp³-hybridized carbons (Fsp3) is 0.250. The summed E-state index contributed by atoms with van der Waals surface area (Å²) in [6.45, 7) is 3.70. The number of aromatic nitrogens is 1. The third-order valence-corrected chi connectivity index (χ3v) is 5.08. The molecule has 6 nitrogen and oxygen atoms in total. The predicted molar refractivity (Wildman–Crippen MR) is 77.2 cm³/mol. The van der Waals surface area contributed by atoms with Crippen LogP contribution in [-0.2, 0) is 10.0 Å². The van der Waals surface area contributed by atoms with Gasteiger partial charge in [0.25, 0.3) is 5.22 Å². The molecule has 108 valence electrons. The molecule has 0 bridgehead atoms. The Morgan fingerprint density at radius 3 is 2.55 bits per heavy atom. The van der Waals surface area contributed by atoms with E-state index in [1.807, 2.05) is 13.8 Å². The van der Waals surface area contributed by atoms with Crippen molar-refractivity contribution in [3.63, 3.8) is 0 Å². The smallest absolute Gasteiger partial charge is 0.260 e.